The third-order valence-corrected chi connectivity index (χ3v) is 6.39. The molecule has 1 aromatic carbocycles. The summed E-state index contributed by atoms with van der Waals surface area (Å²) in [6, 6.07) is 13.1. The Bertz CT molecular complexity index is 732. The van der Waals surface area contributed by atoms with E-state index < -0.39 is 5.72 Å². The van der Waals surface area contributed by atoms with Crippen molar-refractivity contribution < 1.29 is 5.11 Å². The van der Waals surface area contributed by atoms with E-state index in [1.165, 1.54) is 30.4 Å². The Morgan fingerprint density at radius 2 is 2.08 bits per heavy atom. The average Bonchev–Trinajstić information content (AvgIpc) is 2.94. The summed E-state index contributed by atoms with van der Waals surface area (Å²) in [5, 5.41) is 12.0. The van der Waals surface area contributed by atoms with E-state index >= 15 is 0 Å². The van der Waals surface area contributed by atoms with Gasteiger partial charge in [0.05, 0.1) is 0 Å². The Kier molecular flexibility index (Phi) is 5.10. The van der Waals surface area contributed by atoms with Crippen molar-refractivity contribution in [1.82, 2.24) is 9.88 Å². The summed E-state index contributed by atoms with van der Waals surface area (Å²) in [6.45, 7) is 3.25. The minimum atomic E-state index is -0.796. The highest BCUT2D eigenvalue weighted by Crippen LogP contribution is 2.54. The first-order valence-electron chi connectivity index (χ1n) is 10.2. The van der Waals surface area contributed by atoms with E-state index in [9.17, 15) is 5.11 Å². The molecule has 26 heavy (non-hydrogen) atoms. The molecular formula is C23H30N2O. The predicted molar refractivity (Wildman–Crippen MR) is 105 cm³/mol. The van der Waals surface area contributed by atoms with Crippen LogP contribution in [0, 0.1) is 5.92 Å². The van der Waals surface area contributed by atoms with Crippen molar-refractivity contribution in [2.75, 3.05) is 6.54 Å². The molecule has 1 aromatic heterocycles. The molecule has 3 heteroatoms. The number of aliphatic hydroxyl groups is 1. The van der Waals surface area contributed by atoms with Gasteiger partial charge in [-0.25, -0.2) is 0 Å². The number of fused-ring (bicyclic) bond motifs is 3. The Morgan fingerprint density at radius 3 is 2.88 bits per heavy atom. The summed E-state index contributed by atoms with van der Waals surface area (Å²) in [5.41, 5.74) is 2.99. The molecule has 2 aromatic rings. The summed E-state index contributed by atoms with van der Waals surface area (Å²) >= 11 is 0. The number of aromatic nitrogens is 1. The van der Waals surface area contributed by atoms with E-state index in [1.807, 2.05) is 18.5 Å². The number of rotatable bonds is 6. The van der Waals surface area contributed by atoms with E-state index in [-0.39, 0.29) is 5.92 Å². The normalized spacial score (nSPS) is 27.9. The van der Waals surface area contributed by atoms with Crippen molar-refractivity contribution >= 4 is 0 Å². The maximum atomic E-state index is 12.0. The molecule has 1 N–H and O–H groups in total. The van der Waals surface area contributed by atoms with Crippen LogP contribution < -0.4 is 0 Å². The zero-order chi connectivity index (χ0) is 18.0. The number of piperidine rings is 1. The van der Waals surface area contributed by atoms with Crippen molar-refractivity contribution in [3.05, 3.63) is 65.5 Å². The molecule has 3 heterocycles. The fraction of sp³-hybridized carbons (Fsp3) is 0.522. The van der Waals surface area contributed by atoms with Gasteiger partial charge in [-0.2, -0.15) is 0 Å². The molecule has 0 radical (unpaired) electrons. The van der Waals surface area contributed by atoms with Crippen molar-refractivity contribution in [2.24, 2.45) is 5.92 Å². The molecule has 3 atom stereocenters. The molecule has 0 amide bonds. The van der Waals surface area contributed by atoms with Gasteiger partial charge >= 0.3 is 0 Å². The van der Waals surface area contributed by atoms with Crippen LogP contribution in [0.1, 0.15) is 68.2 Å². The number of hydrogen-bond donors (Lipinski definition) is 1. The van der Waals surface area contributed by atoms with E-state index in [0.717, 1.165) is 37.8 Å². The molecule has 0 spiro atoms. The van der Waals surface area contributed by atoms with E-state index in [1.54, 1.807) is 0 Å². The minimum absolute atomic E-state index is 0.282. The zero-order valence-electron chi connectivity index (χ0n) is 15.8. The van der Waals surface area contributed by atoms with Crippen LogP contribution in [0.2, 0.25) is 0 Å². The Balaban J connectivity index is 1.62. The first-order valence-corrected chi connectivity index (χ1v) is 10.2. The number of unbranched alkanes of at least 4 members (excludes halogenated alkanes) is 1. The molecule has 0 aliphatic carbocycles. The van der Waals surface area contributed by atoms with Crippen molar-refractivity contribution in [1.29, 1.82) is 0 Å². The second-order valence-electron chi connectivity index (χ2n) is 7.90. The lowest BCUT2D eigenvalue weighted by atomic mass is 9.79. The van der Waals surface area contributed by atoms with Gasteiger partial charge in [0.15, 0.2) is 0 Å². The number of aryl methyl sites for hydroxylation is 1. The topological polar surface area (TPSA) is 36.4 Å². The fourth-order valence-corrected chi connectivity index (χ4v) is 5.11. The summed E-state index contributed by atoms with van der Waals surface area (Å²) in [4.78, 5) is 6.66. The van der Waals surface area contributed by atoms with Crippen LogP contribution in [0.5, 0.6) is 0 Å². The highest BCUT2D eigenvalue weighted by atomic mass is 16.3. The van der Waals surface area contributed by atoms with Crippen LogP contribution in [0.25, 0.3) is 0 Å². The van der Waals surface area contributed by atoms with Crippen LogP contribution >= 0.6 is 0 Å². The van der Waals surface area contributed by atoms with Gasteiger partial charge in [-0.05, 0) is 49.3 Å². The summed E-state index contributed by atoms with van der Waals surface area (Å²) in [6.07, 6.45) is 11.6. The van der Waals surface area contributed by atoms with E-state index in [4.69, 9.17) is 0 Å². The lowest BCUT2D eigenvalue weighted by Crippen LogP contribution is -2.52. The van der Waals surface area contributed by atoms with Crippen molar-refractivity contribution in [3.8, 4) is 0 Å². The molecule has 0 bridgehead atoms. The molecule has 2 aliphatic rings. The largest absolute Gasteiger partial charge is 0.371 e. The third kappa shape index (κ3) is 2.97. The highest BCUT2D eigenvalue weighted by Gasteiger charge is 2.54. The third-order valence-electron chi connectivity index (χ3n) is 6.39. The number of nitrogens with zero attached hydrogens (tertiary/aromatic N) is 2. The first-order chi connectivity index (χ1) is 12.7. The molecule has 2 aliphatic heterocycles. The molecule has 1 saturated heterocycles. The standard InChI is InChI=1S/C23H30N2O/c1-2-3-12-22-20-10-4-5-11-21(20)23(26)19(9-7-16-25(22)23)14-13-18-8-6-15-24-17-18/h4-6,8,10-11,15,17,19,22,26H,2-3,7,9,12-14,16H2,1H3/t19-,22+,23+/m1/s1. The molecule has 0 saturated carbocycles. The Hall–Kier alpha value is -1.71. The monoisotopic (exact) mass is 350 g/mol. The molecule has 1 fully saturated rings. The van der Waals surface area contributed by atoms with E-state index in [2.05, 4.69) is 47.1 Å². The molecule has 138 valence electrons. The average molecular weight is 351 g/mol. The van der Waals surface area contributed by atoms with Gasteiger partial charge in [-0.1, -0.05) is 50.1 Å². The van der Waals surface area contributed by atoms with Gasteiger partial charge in [-0.3, -0.25) is 9.88 Å². The number of benzene rings is 1. The Morgan fingerprint density at radius 1 is 1.19 bits per heavy atom. The number of pyridine rings is 1. The van der Waals surface area contributed by atoms with Crippen LogP contribution in [0.15, 0.2) is 48.8 Å². The lowest BCUT2D eigenvalue weighted by molar-refractivity contribution is -0.184. The van der Waals surface area contributed by atoms with Gasteiger partial charge in [0.1, 0.15) is 5.72 Å². The maximum Gasteiger partial charge on any atom is 0.148 e. The van der Waals surface area contributed by atoms with E-state index in [0.29, 0.717) is 6.04 Å². The highest BCUT2D eigenvalue weighted by molar-refractivity contribution is 5.40. The quantitative estimate of drug-likeness (QED) is 0.812. The lowest BCUT2D eigenvalue weighted by Gasteiger charge is -2.47. The van der Waals surface area contributed by atoms with Gasteiger partial charge in [0.2, 0.25) is 0 Å². The van der Waals surface area contributed by atoms with Crippen molar-refractivity contribution in [2.45, 2.75) is 63.6 Å². The summed E-state index contributed by atoms with van der Waals surface area (Å²) in [7, 11) is 0. The van der Waals surface area contributed by atoms with Gasteiger partial charge in [-0.15, -0.1) is 0 Å². The predicted octanol–water partition coefficient (Wildman–Crippen LogP) is 4.82. The Labute approximate surface area is 157 Å². The molecule has 4 rings (SSSR count). The van der Waals surface area contributed by atoms with Crippen LogP contribution in [-0.4, -0.2) is 21.5 Å². The smallest absolute Gasteiger partial charge is 0.148 e. The summed E-state index contributed by atoms with van der Waals surface area (Å²) < 4.78 is 0. The molecule has 0 unspecified atom stereocenters. The zero-order valence-corrected chi connectivity index (χ0v) is 15.8. The van der Waals surface area contributed by atoms with Crippen LogP contribution in [0.3, 0.4) is 0 Å². The minimum Gasteiger partial charge on any atom is -0.371 e. The van der Waals surface area contributed by atoms with Gasteiger partial charge in [0, 0.05) is 36.5 Å². The first kappa shape index (κ1) is 17.7. The second kappa shape index (κ2) is 7.50. The van der Waals surface area contributed by atoms with Gasteiger partial charge < -0.3 is 5.11 Å². The molecular weight excluding hydrogens is 320 g/mol. The fourth-order valence-electron chi connectivity index (χ4n) is 5.11. The second-order valence-corrected chi connectivity index (χ2v) is 7.90. The van der Waals surface area contributed by atoms with Crippen LogP contribution in [0.4, 0.5) is 0 Å². The number of hydrogen-bond acceptors (Lipinski definition) is 3. The summed E-state index contributed by atoms with van der Waals surface area (Å²) in [5.74, 6) is 0.282. The molecule has 3 nitrogen and oxygen atoms in total. The van der Waals surface area contributed by atoms with Gasteiger partial charge in [0.25, 0.3) is 0 Å². The SMILES string of the molecule is CCCC[C@H]1c2ccccc2[C@@]2(O)[C@@H](CCc3cccnc3)CCCN12. The maximum absolute atomic E-state index is 12.0. The van der Waals surface area contributed by atoms with Crippen LogP contribution in [-0.2, 0) is 12.1 Å². The van der Waals surface area contributed by atoms with Crippen molar-refractivity contribution in [3.63, 3.8) is 0 Å².